The normalized spacial score (nSPS) is 10.7. The summed E-state index contributed by atoms with van der Waals surface area (Å²) in [5, 5.41) is 12.2. The average Bonchev–Trinajstić information content (AvgIpc) is 3.31. The standard InChI is InChI=1S/C21H22ClN5O5S2/c1-10-7-12(5-6-13(10)22)32-8-14-25-26-21(27(14)3)33-9-15(28)24-19-16(20(30)31-4)11(2)17(34-19)18(23)29/h5-7H,8-9H2,1-4H3,(H2,23,29)(H,24,28). The van der Waals surface area contributed by atoms with Gasteiger partial charge in [0.1, 0.15) is 17.4 Å². The highest BCUT2D eigenvalue weighted by molar-refractivity contribution is 7.99. The van der Waals surface area contributed by atoms with Crippen LogP contribution in [0.4, 0.5) is 5.00 Å². The molecule has 1 aromatic carbocycles. The van der Waals surface area contributed by atoms with Crippen molar-refractivity contribution in [3.8, 4) is 5.75 Å². The van der Waals surface area contributed by atoms with Crippen molar-refractivity contribution in [2.75, 3.05) is 18.2 Å². The smallest absolute Gasteiger partial charge is 0.341 e. The number of nitrogens with two attached hydrogens (primary N) is 1. The van der Waals surface area contributed by atoms with E-state index >= 15 is 0 Å². The van der Waals surface area contributed by atoms with Crippen LogP contribution in [-0.4, -0.2) is 45.4 Å². The van der Waals surface area contributed by atoms with Gasteiger partial charge in [-0.2, -0.15) is 0 Å². The van der Waals surface area contributed by atoms with Gasteiger partial charge in [-0.3, -0.25) is 9.59 Å². The van der Waals surface area contributed by atoms with Gasteiger partial charge in [0.25, 0.3) is 5.91 Å². The molecule has 3 aromatic rings. The number of amides is 2. The molecule has 2 aromatic heterocycles. The van der Waals surface area contributed by atoms with Gasteiger partial charge in [-0.05, 0) is 43.2 Å². The predicted molar refractivity (Wildman–Crippen MR) is 130 cm³/mol. The van der Waals surface area contributed by atoms with Gasteiger partial charge in [-0.1, -0.05) is 23.4 Å². The van der Waals surface area contributed by atoms with E-state index in [1.54, 1.807) is 30.7 Å². The first-order valence-electron chi connectivity index (χ1n) is 9.83. The van der Waals surface area contributed by atoms with Gasteiger partial charge >= 0.3 is 5.97 Å². The minimum absolute atomic E-state index is 0.00727. The van der Waals surface area contributed by atoms with Gasteiger partial charge in [0.05, 0.1) is 23.3 Å². The van der Waals surface area contributed by atoms with Crippen LogP contribution in [0, 0.1) is 13.8 Å². The number of aryl methyl sites for hydroxylation is 1. The molecule has 10 nitrogen and oxygen atoms in total. The number of anilines is 1. The number of carbonyl (C=O) groups excluding carboxylic acids is 3. The Labute approximate surface area is 208 Å². The van der Waals surface area contributed by atoms with Crippen LogP contribution in [0.5, 0.6) is 5.75 Å². The number of primary amides is 1. The molecule has 0 radical (unpaired) electrons. The van der Waals surface area contributed by atoms with E-state index in [1.807, 2.05) is 13.0 Å². The van der Waals surface area contributed by atoms with Crippen LogP contribution >= 0.6 is 34.7 Å². The minimum Gasteiger partial charge on any atom is -0.486 e. The fourth-order valence-corrected chi connectivity index (χ4v) is 4.84. The second-order valence-electron chi connectivity index (χ2n) is 7.11. The molecule has 2 heterocycles. The van der Waals surface area contributed by atoms with Crippen molar-refractivity contribution in [2.45, 2.75) is 25.6 Å². The Kier molecular flexibility index (Phi) is 8.18. The number of nitrogens with zero attached hydrogens (tertiary/aromatic N) is 3. The maximum atomic E-state index is 12.5. The number of thiophene rings is 1. The zero-order valence-electron chi connectivity index (χ0n) is 18.8. The largest absolute Gasteiger partial charge is 0.486 e. The van der Waals surface area contributed by atoms with E-state index in [2.05, 4.69) is 15.5 Å². The van der Waals surface area contributed by atoms with Crippen LogP contribution in [0.2, 0.25) is 5.02 Å². The summed E-state index contributed by atoms with van der Waals surface area (Å²) in [6.07, 6.45) is 0. The molecule has 180 valence electrons. The van der Waals surface area contributed by atoms with E-state index in [0.29, 0.717) is 27.3 Å². The van der Waals surface area contributed by atoms with Crippen molar-refractivity contribution < 1.29 is 23.9 Å². The fraction of sp³-hybridized carbons (Fsp3) is 0.286. The van der Waals surface area contributed by atoms with Crippen LogP contribution in [0.3, 0.4) is 0 Å². The van der Waals surface area contributed by atoms with Crippen LogP contribution in [0.15, 0.2) is 23.4 Å². The lowest BCUT2D eigenvalue weighted by atomic mass is 10.1. The third-order valence-corrected chi connectivity index (χ3v) is 7.43. The Bertz CT molecular complexity index is 1260. The molecule has 0 aliphatic carbocycles. The molecular formula is C21H22ClN5O5S2. The van der Waals surface area contributed by atoms with Crippen molar-refractivity contribution in [2.24, 2.45) is 12.8 Å². The fourth-order valence-electron chi connectivity index (χ4n) is 2.93. The quantitative estimate of drug-likeness (QED) is 0.321. The molecule has 0 saturated heterocycles. The van der Waals surface area contributed by atoms with Crippen LogP contribution in [0.25, 0.3) is 0 Å². The Morgan fingerprint density at radius 3 is 2.65 bits per heavy atom. The lowest BCUT2D eigenvalue weighted by Crippen LogP contribution is -2.16. The van der Waals surface area contributed by atoms with Crippen LogP contribution in [0.1, 0.15) is 37.0 Å². The number of thioether (sulfide) groups is 1. The highest BCUT2D eigenvalue weighted by Crippen LogP contribution is 2.33. The van der Waals surface area contributed by atoms with Crippen molar-refractivity contribution in [1.29, 1.82) is 0 Å². The Balaban J connectivity index is 1.63. The average molecular weight is 524 g/mol. The lowest BCUT2D eigenvalue weighted by Gasteiger charge is -2.08. The maximum absolute atomic E-state index is 12.5. The molecule has 0 aliphatic rings. The van der Waals surface area contributed by atoms with Crippen molar-refractivity contribution in [3.63, 3.8) is 0 Å². The van der Waals surface area contributed by atoms with Gasteiger partial charge in [-0.15, -0.1) is 21.5 Å². The molecular weight excluding hydrogens is 502 g/mol. The summed E-state index contributed by atoms with van der Waals surface area (Å²) in [4.78, 5) is 36.5. The van der Waals surface area contributed by atoms with Crippen molar-refractivity contribution in [3.05, 3.63) is 50.6 Å². The molecule has 0 fully saturated rings. The van der Waals surface area contributed by atoms with E-state index in [9.17, 15) is 14.4 Å². The number of benzene rings is 1. The molecule has 3 rings (SSSR count). The van der Waals surface area contributed by atoms with Crippen molar-refractivity contribution in [1.82, 2.24) is 14.8 Å². The van der Waals surface area contributed by atoms with E-state index < -0.39 is 17.8 Å². The Morgan fingerprint density at radius 2 is 2.00 bits per heavy atom. The van der Waals surface area contributed by atoms with Gasteiger partial charge in [0, 0.05) is 12.1 Å². The number of methoxy groups -OCH3 is 1. The summed E-state index contributed by atoms with van der Waals surface area (Å²) in [5.74, 6) is -0.537. The molecule has 0 unspecified atom stereocenters. The number of hydrogen-bond donors (Lipinski definition) is 2. The molecule has 13 heteroatoms. The number of nitrogens with one attached hydrogen (secondary N) is 1. The second kappa shape index (κ2) is 10.9. The maximum Gasteiger partial charge on any atom is 0.341 e. The van der Waals surface area contributed by atoms with E-state index in [1.165, 1.54) is 7.11 Å². The summed E-state index contributed by atoms with van der Waals surface area (Å²) in [6.45, 7) is 3.64. The van der Waals surface area contributed by atoms with E-state index in [-0.39, 0.29) is 27.8 Å². The highest BCUT2D eigenvalue weighted by atomic mass is 35.5. The Hall–Kier alpha value is -3.09. The summed E-state index contributed by atoms with van der Waals surface area (Å²) < 4.78 is 12.2. The SMILES string of the molecule is COC(=O)c1c(NC(=O)CSc2nnc(COc3ccc(Cl)c(C)c3)n2C)sc(C(N)=O)c1C. The topological polar surface area (TPSA) is 138 Å². The molecule has 0 spiro atoms. The zero-order chi connectivity index (χ0) is 25.0. The van der Waals surface area contributed by atoms with Crippen LogP contribution < -0.4 is 15.8 Å². The molecule has 34 heavy (non-hydrogen) atoms. The van der Waals surface area contributed by atoms with Crippen molar-refractivity contribution >= 4 is 57.5 Å². The molecule has 0 saturated carbocycles. The zero-order valence-corrected chi connectivity index (χ0v) is 21.2. The molecule has 3 N–H and O–H groups in total. The molecule has 2 amide bonds. The highest BCUT2D eigenvalue weighted by Gasteiger charge is 2.25. The van der Waals surface area contributed by atoms with E-state index in [4.69, 9.17) is 26.8 Å². The lowest BCUT2D eigenvalue weighted by molar-refractivity contribution is -0.113. The number of halogens is 1. The van der Waals surface area contributed by atoms with E-state index in [0.717, 1.165) is 28.7 Å². The number of carbonyl (C=O) groups is 3. The number of esters is 1. The molecule has 0 atom stereocenters. The molecule has 0 bridgehead atoms. The van der Waals surface area contributed by atoms with Gasteiger partial charge in [-0.25, -0.2) is 4.79 Å². The van der Waals surface area contributed by atoms with Gasteiger partial charge < -0.3 is 25.1 Å². The second-order valence-corrected chi connectivity index (χ2v) is 9.48. The van der Waals surface area contributed by atoms with Gasteiger partial charge in [0.2, 0.25) is 5.91 Å². The first kappa shape index (κ1) is 25.5. The summed E-state index contributed by atoms with van der Waals surface area (Å²) in [7, 11) is 2.98. The number of ether oxygens (including phenoxy) is 2. The Morgan fingerprint density at radius 1 is 1.26 bits per heavy atom. The third kappa shape index (κ3) is 5.69. The summed E-state index contributed by atoms with van der Waals surface area (Å²) in [6, 6.07) is 5.36. The first-order valence-corrected chi connectivity index (χ1v) is 12.0. The van der Waals surface area contributed by atoms with Crippen LogP contribution in [-0.2, 0) is 23.2 Å². The summed E-state index contributed by atoms with van der Waals surface area (Å²) in [5.41, 5.74) is 6.74. The number of aromatic nitrogens is 3. The monoisotopic (exact) mass is 523 g/mol. The van der Waals surface area contributed by atoms with Gasteiger partial charge in [0.15, 0.2) is 11.0 Å². The first-order chi connectivity index (χ1) is 16.1. The number of rotatable bonds is 9. The minimum atomic E-state index is -0.690. The number of hydrogen-bond acceptors (Lipinski definition) is 9. The third-order valence-electron chi connectivity index (χ3n) is 4.77. The predicted octanol–water partition coefficient (Wildman–Crippen LogP) is 3.34. The molecule has 0 aliphatic heterocycles. The summed E-state index contributed by atoms with van der Waals surface area (Å²) >= 11 is 8.12.